The number of hydrogen-bond donors (Lipinski definition) is 1. The zero-order valence-corrected chi connectivity index (χ0v) is 9.19. The van der Waals surface area contributed by atoms with Crippen molar-refractivity contribution >= 4 is 11.7 Å². The summed E-state index contributed by atoms with van der Waals surface area (Å²) in [6, 6.07) is 3.64. The third-order valence-corrected chi connectivity index (χ3v) is 2.40. The molecule has 0 aromatic carbocycles. The normalized spacial score (nSPS) is 10.7. The molecule has 0 spiro atoms. The van der Waals surface area contributed by atoms with Crippen molar-refractivity contribution in [2.24, 2.45) is 5.73 Å². The lowest BCUT2D eigenvalue weighted by Gasteiger charge is -1.93. The Hall–Kier alpha value is -2.83. The maximum Gasteiger partial charge on any atom is 0.252 e. The average molecular weight is 240 g/mol. The van der Waals surface area contributed by atoms with E-state index in [-0.39, 0.29) is 5.56 Å². The molecule has 0 bridgehead atoms. The van der Waals surface area contributed by atoms with Crippen LogP contribution in [-0.2, 0) is 0 Å². The smallest absolute Gasteiger partial charge is 0.252 e. The Labute approximate surface area is 101 Å². The summed E-state index contributed by atoms with van der Waals surface area (Å²) >= 11 is 0. The molecule has 2 N–H and O–H groups in total. The largest absolute Gasteiger partial charge is 0.366 e. The summed E-state index contributed by atoms with van der Waals surface area (Å²) in [6.45, 7) is 0. The molecular formula is C11H8N6O. The Balaban J connectivity index is 2.14. The Kier molecular flexibility index (Phi) is 2.23. The predicted molar refractivity (Wildman–Crippen MR) is 62.5 cm³/mol. The van der Waals surface area contributed by atoms with Gasteiger partial charge in [-0.05, 0) is 12.1 Å². The van der Waals surface area contributed by atoms with Gasteiger partial charge in [0.2, 0.25) is 0 Å². The summed E-state index contributed by atoms with van der Waals surface area (Å²) in [5.74, 6) is 0.346. The standard InChI is InChI=1S/C11H8N6O/c12-9(18)8-5-14-11-15-10(16-17(11)6-8)7-2-1-3-13-4-7/h1-6H,(H2,12,18). The minimum absolute atomic E-state index is 0.283. The van der Waals surface area contributed by atoms with Gasteiger partial charge >= 0.3 is 0 Å². The van der Waals surface area contributed by atoms with E-state index in [0.29, 0.717) is 11.6 Å². The Morgan fingerprint density at radius 3 is 2.94 bits per heavy atom. The number of nitrogens with two attached hydrogens (primary N) is 1. The zero-order valence-electron chi connectivity index (χ0n) is 9.19. The van der Waals surface area contributed by atoms with Crippen molar-refractivity contribution in [1.82, 2.24) is 24.6 Å². The van der Waals surface area contributed by atoms with E-state index in [2.05, 4.69) is 20.1 Å². The summed E-state index contributed by atoms with van der Waals surface area (Å²) in [4.78, 5) is 23.3. The number of hydrogen-bond acceptors (Lipinski definition) is 5. The molecule has 0 aliphatic rings. The highest BCUT2D eigenvalue weighted by molar-refractivity contribution is 5.92. The summed E-state index contributed by atoms with van der Waals surface area (Å²) in [5.41, 5.74) is 6.24. The Morgan fingerprint density at radius 2 is 2.22 bits per heavy atom. The fraction of sp³-hybridized carbons (Fsp3) is 0. The number of primary amides is 1. The lowest BCUT2D eigenvalue weighted by Crippen LogP contribution is -2.12. The molecule has 0 saturated heterocycles. The lowest BCUT2D eigenvalue weighted by atomic mass is 10.3. The van der Waals surface area contributed by atoms with Crippen LogP contribution in [-0.4, -0.2) is 30.5 Å². The van der Waals surface area contributed by atoms with Crippen LogP contribution in [0.3, 0.4) is 0 Å². The van der Waals surface area contributed by atoms with Gasteiger partial charge in [0.15, 0.2) is 5.82 Å². The maximum atomic E-state index is 11.0. The highest BCUT2D eigenvalue weighted by Gasteiger charge is 2.09. The summed E-state index contributed by atoms with van der Waals surface area (Å²) in [7, 11) is 0. The van der Waals surface area contributed by atoms with Crippen molar-refractivity contribution in [3.05, 3.63) is 42.5 Å². The van der Waals surface area contributed by atoms with E-state index < -0.39 is 5.91 Å². The van der Waals surface area contributed by atoms with Gasteiger partial charge in [-0.1, -0.05) is 0 Å². The molecule has 0 unspecified atom stereocenters. The first-order valence-corrected chi connectivity index (χ1v) is 5.16. The molecule has 7 heteroatoms. The second-order valence-corrected chi connectivity index (χ2v) is 3.63. The van der Waals surface area contributed by atoms with Crippen molar-refractivity contribution in [3.8, 4) is 11.4 Å². The minimum Gasteiger partial charge on any atom is -0.366 e. The number of nitrogens with zero attached hydrogens (tertiary/aromatic N) is 5. The number of carbonyl (C=O) groups excluding carboxylic acids is 1. The van der Waals surface area contributed by atoms with Crippen LogP contribution in [0.1, 0.15) is 10.4 Å². The molecule has 3 aromatic rings. The van der Waals surface area contributed by atoms with E-state index in [0.717, 1.165) is 5.56 Å². The zero-order chi connectivity index (χ0) is 12.5. The third kappa shape index (κ3) is 1.67. The molecule has 0 saturated carbocycles. The molecule has 0 fully saturated rings. The van der Waals surface area contributed by atoms with Gasteiger partial charge in [-0.2, -0.15) is 4.98 Å². The highest BCUT2D eigenvalue weighted by atomic mass is 16.1. The highest BCUT2D eigenvalue weighted by Crippen LogP contribution is 2.13. The van der Waals surface area contributed by atoms with Crippen LogP contribution in [0.15, 0.2) is 36.9 Å². The third-order valence-electron chi connectivity index (χ3n) is 2.40. The monoisotopic (exact) mass is 240 g/mol. The van der Waals surface area contributed by atoms with Gasteiger partial charge in [-0.15, -0.1) is 5.10 Å². The van der Waals surface area contributed by atoms with Crippen LogP contribution in [0.4, 0.5) is 0 Å². The number of pyridine rings is 1. The number of carbonyl (C=O) groups is 1. The molecule has 1 amide bonds. The molecule has 0 aliphatic heterocycles. The molecule has 88 valence electrons. The second-order valence-electron chi connectivity index (χ2n) is 3.63. The van der Waals surface area contributed by atoms with Gasteiger partial charge in [0, 0.05) is 30.4 Å². The van der Waals surface area contributed by atoms with Gasteiger partial charge in [0.05, 0.1) is 5.56 Å². The van der Waals surface area contributed by atoms with E-state index in [1.807, 2.05) is 6.07 Å². The fourth-order valence-electron chi connectivity index (χ4n) is 1.53. The van der Waals surface area contributed by atoms with Crippen LogP contribution < -0.4 is 5.73 Å². The van der Waals surface area contributed by atoms with Crippen molar-refractivity contribution in [3.63, 3.8) is 0 Å². The quantitative estimate of drug-likeness (QED) is 0.693. The van der Waals surface area contributed by atoms with E-state index in [4.69, 9.17) is 5.73 Å². The van der Waals surface area contributed by atoms with Crippen molar-refractivity contribution in [2.45, 2.75) is 0 Å². The van der Waals surface area contributed by atoms with Gasteiger partial charge < -0.3 is 5.73 Å². The van der Waals surface area contributed by atoms with Gasteiger partial charge in [0.1, 0.15) is 0 Å². The molecule has 0 aliphatic carbocycles. The fourth-order valence-corrected chi connectivity index (χ4v) is 1.53. The number of rotatable bonds is 2. The van der Waals surface area contributed by atoms with Crippen LogP contribution in [0.25, 0.3) is 17.2 Å². The number of aromatic nitrogens is 5. The first kappa shape index (κ1) is 10.3. The molecule has 3 heterocycles. The van der Waals surface area contributed by atoms with Gasteiger partial charge in [-0.3, -0.25) is 9.78 Å². The molecule has 18 heavy (non-hydrogen) atoms. The summed E-state index contributed by atoms with van der Waals surface area (Å²) in [5, 5.41) is 4.22. The Morgan fingerprint density at radius 1 is 1.33 bits per heavy atom. The Bertz CT molecular complexity index is 721. The first-order valence-electron chi connectivity index (χ1n) is 5.16. The molecule has 3 rings (SSSR count). The van der Waals surface area contributed by atoms with Crippen LogP contribution >= 0.6 is 0 Å². The maximum absolute atomic E-state index is 11.0. The van der Waals surface area contributed by atoms with Crippen molar-refractivity contribution in [1.29, 1.82) is 0 Å². The summed E-state index contributed by atoms with van der Waals surface area (Å²) < 4.78 is 1.42. The van der Waals surface area contributed by atoms with Gasteiger partial charge in [-0.25, -0.2) is 9.50 Å². The topological polar surface area (TPSA) is 99.1 Å². The van der Waals surface area contributed by atoms with Crippen molar-refractivity contribution in [2.75, 3.05) is 0 Å². The number of amides is 1. The van der Waals surface area contributed by atoms with E-state index in [9.17, 15) is 4.79 Å². The van der Waals surface area contributed by atoms with Gasteiger partial charge in [0.25, 0.3) is 11.7 Å². The molecule has 3 aromatic heterocycles. The van der Waals surface area contributed by atoms with E-state index in [1.165, 1.54) is 16.9 Å². The first-order chi connectivity index (χ1) is 8.74. The summed E-state index contributed by atoms with van der Waals surface area (Å²) in [6.07, 6.45) is 6.20. The van der Waals surface area contributed by atoms with Crippen LogP contribution in [0, 0.1) is 0 Å². The average Bonchev–Trinajstić information content (AvgIpc) is 2.82. The number of fused-ring (bicyclic) bond motifs is 1. The van der Waals surface area contributed by atoms with Crippen LogP contribution in [0.2, 0.25) is 0 Å². The lowest BCUT2D eigenvalue weighted by molar-refractivity contribution is 0.0999. The molecule has 0 atom stereocenters. The van der Waals surface area contributed by atoms with Crippen LogP contribution in [0.5, 0.6) is 0 Å². The second kappa shape index (κ2) is 3.88. The minimum atomic E-state index is -0.553. The van der Waals surface area contributed by atoms with E-state index in [1.54, 1.807) is 18.5 Å². The molecule has 7 nitrogen and oxygen atoms in total. The van der Waals surface area contributed by atoms with Crippen molar-refractivity contribution < 1.29 is 4.79 Å². The predicted octanol–water partition coefficient (Wildman–Crippen LogP) is 0.285. The SMILES string of the molecule is NC(=O)c1cnc2nc(-c3cccnc3)nn2c1. The van der Waals surface area contributed by atoms with E-state index >= 15 is 0 Å². The molecular weight excluding hydrogens is 232 g/mol. The molecule has 0 radical (unpaired) electrons.